The molecule has 118 valence electrons. The van der Waals surface area contributed by atoms with E-state index < -0.39 is 0 Å². The molecule has 0 aromatic rings. The SMILES string of the molecule is CCCCCCCCCCCC(=O)OC1CCCCN1. The van der Waals surface area contributed by atoms with Gasteiger partial charge in [0, 0.05) is 6.42 Å². The molecular formula is C17H33NO2. The number of nitrogens with one attached hydrogen (secondary N) is 1. The summed E-state index contributed by atoms with van der Waals surface area (Å²) in [6.07, 6.45) is 15.5. The van der Waals surface area contributed by atoms with Crippen molar-refractivity contribution < 1.29 is 9.53 Å². The summed E-state index contributed by atoms with van der Waals surface area (Å²) in [5.41, 5.74) is 0. The Balaban J connectivity index is 1.84. The average Bonchev–Trinajstić information content (AvgIpc) is 2.46. The predicted molar refractivity (Wildman–Crippen MR) is 83.6 cm³/mol. The first-order chi connectivity index (χ1) is 9.83. The van der Waals surface area contributed by atoms with Gasteiger partial charge in [-0.05, 0) is 32.2 Å². The Morgan fingerprint density at radius 1 is 1.00 bits per heavy atom. The normalized spacial score (nSPS) is 18.9. The fourth-order valence-corrected chi connectivity index (χ4v) is 2.72. The van der Waals surface area contributed by atoms with Gasteiger partial charge in [-0.15, -0.1) is 0 Å². The van der Waals surface area contributed by atoms with Gasteiger partial charge in [-0.2, -0.15) is 0 Å². The highest BCUT2D eigenvalue weighted by Gasteiger charge is 2.16. The third kappa shape index (κ3) is 9.35. The summed E-state index contributed by atoms with van der Waals surface area (Å²) < 4.78 is 5.41. The van der Waals surface area contributed by atoms with Gasteiger partial charge in [0.2, 0.25) is 0 Å². The topological polar surface area (TPSA) is 38.3 Å². The Bertz CT molecular complexity index is 237. The van der Waals surface area contributed by atoms with Gasteiger partial charge in [-0.3, -0.25) is 10.1 Å². The molecule has 0 aromatic carbocycles. The lowest BCUT2D eigenvalue weighted by Gasteiger charge is -2.23. The van der Waals surface area contributed by atoms with E-state index in [0.29, 0.717) is 6.42 Å². The van der Waals surface area contributed by atoms with Gasteiger partial charge in [-0.25, -0.2) is 0 Å². The second-order valence-corrected chi connectivity index (χ2v) is 6.01. The van der Waals surface area contributed by atoms with Crippen molar-refractivity contribution in [1.29, 1.82) is 0 Å². The largest absolute Gasteiger partial charge is 0.447 e. The molecule has 1 aliphatic heterocycles. The van der Waals surface area contributed by atoms with Gasteiger partial charge in [0.1, 0.15) is 0 Å². The van der Waals surface area contributed by atoms with Crippen molar-refractivity contribution in [2.45, 2.75) is 96.6 Å². The van der Waals surface area contributed by atoms with Crippen LogP contribution in [0.1, 0.15) is 90.4 Å². The van der Waals surface area contributed by atoms with E-state index in [9.17, 15) is 4.79 Å². The van der Waals surface area contributed by atoms with Gasteiger partial charge in [0.15, 0.2) is 6.23 Å². The summed E-state index contributed by atoms with van der Waals surface area (Å²) in [6.45, 7) is 3.23. The number of unbranched alkanes of at least 4 members (excludes halogenated alkanes) is 8. The van der Waals surface area contributed by atoms with Gasteiger partial charge in [0.05, 0.1) is 0 Å². The van der Waals surface area contributed by atoms with Crippen LogP contribution in [0.25, 0.3) is 0 Å². The molecule has 1 rings (SSSR count). The van der Waals surface area contributed by atoms with Gasteiger partial charge in [-0.1, -0.05) is 58.3 Å². The molecule has 3 heteroatoms. The Kier molecular flexibility index (Phi) is 10.7. The quantitative estimate of drug-likeness (QED) is 0.446. The maximum Gasteiger partial charge on any atom is 0.307 e. The van der Waals surface area contributed by atoms with Crippen LogP contribution in [0.4, 0.5) is 0 Å². The molecule has 0 aliphatic carbocycles. The molecule has 3 nitrogen and oxygen atoms in total. The smallest absolute Gasteiger partial charge is 0.307 e. The minimum Gasteiger partial charge on any atom is -0.447 e. The highest BCUT2D eigenvalue weighted by molar-refractivity contribution is 5.69. The molecule has 1 unspecified atom stereocenters. The van der Waals surface area contributed by atoms with Crippen LogP contribution in [0.15, 0.2) is 0 Å². The lowest BCUT2D eigenvalue weighted by atomic mass is 10.1. The van der Waals surface area contributed by atoms with Crippen LogP contribution in [0.2, 0.25) is 0 Å². The summed E-state index contributed by atoms with van der Waals surface area (Å²) >= 11 is 0. The molecule has 1 saturated heterocycles. The summed E-state index contributed by atoms with van der Waals surface area (Å²) in [5, 5.41) is 3.24. The van der Waals surface area contributed by atoms with Crippen LogP contribution in [-0.4, -0.2) is 18.7 Å². The molecule has 0 spiro atoms. The van der Waals surface area contributed by atoms with E-state index in [-0.39, 0.29) is 12.2 Å². The van der Waals surface area contributed by atoms with Crippen molar-refractivity contribution in [2.75, 3.05) is 6.54 Å². The number of hydrogen-bond donors (Lipinski definition) is 1. The molecule has 1 fully saturated rings. The first-order valence-electron chi connectivity index (χ1n) is 8.76. The number of ether oxygens (including phenoxy) is 1. The van der Waals surface area contributed by atoms with Gasteiger partial charge in [0.25, 0.3) is 0 Å². The number of piperidine rings is 1. The van der Waals surface area contributed by atoms with E-state index in [2.05, 4.69) is 12.2 Å². The fraction of sp³-hybridized carbons (Fsp3) is 0.941. The summed E-state index contributed by atoms with van der Waals surface area (Å²) in [5.74, 6) is -0.0210. The van der Waals surface area contributed by atoms with Gasteiger partial charge < -0.3 is 4.74 Å². The molecule has 20 heavy (non-hydrogen) atoms. The van der Waals surface area contributed by atoms with Gasteiger partial charge >= 0.3 is 5.97 Å². The van der Waals surface area contributed by atoms with Crippen molar-refractivity contribution in [3.8, 4) is 0 Å². The maximum absolute atomic E-state index is 11.7. The van der Waals surface area contributed by atoms with Crippen LogP contribution in [-0.2, 0) is 9.53 Å². The second-order valence-electron chi connectivity index (χ2n) is 6.01. The number of hydrogen-bond acceptors (Lipinski definition) is 3. The monoisotopic (exact) mass is 283 g/mol. The van der Waals surface area contributed by atoms with Crippen molar-refractivity contribution in [3.63, 3.8) is 0 Å². The Hall–Kier alpha value is -0.570. The summed E-state index contributed by atoms with van der Waals surface area (Å²) in [7, 11) is 0. The average molecular weight is 283 g/mol. The van der Waals surface area contributed by atoms with E-state index >= 15 is 0 Å². The zero-order valence-electron chi connectivity index (χ0n) is 13.3. The fourth-order valence-electron chi connectivity index (χ4n) is 2.72. The number of esters is 1. The summed E-state index contributed by atoms with van der Waals surface area (Å²) in [4.78, 5) is 11.7. The van der Waals surface area contributed by atoms with Crippen molar-refractivity contribution in [1.82, 2.24) is 5.32 Å². The van der Waals surface area contributed by atoms with Crippen molar-refractivity contribution in [3.05, 3.63) is 0 Å². The summed E-state index contributed by atoms with van der Waals surface area (Å²) in [6, 6.07) is 0. The minimum atomic E-state index is -0.0210. The van der Waals surface area contributed by atoms with Crippen LogP contribution in [0.5, 0.6) is 0 Å². The molecule has 0 radical (unpaired) electrons. The first-order valence-corrected chi connectivity index (χ1v) is 8.76. The lowest BCUT2D eigenvalue weighted by Crippen LogP contribution is -2.37. The van der Waals surface area contributed by atoms with E-state index in [1.54, 1.807) is 0 Å². The predicted octanol–water partition coefficient (Wildman–Crippen LogP) is 4.55. The highest BCUT2D eigenvalue weighted by atomic mass is 16.6. The standard InChI is InChI=1S/C17H33NO2/c1-2-3-4-5-6-7-8-9-10-14-17(19)20-16-13-11-12-15-18-16/h16,18H,2-15H2,1H3. The number of rotatable bonds is 11. The maximum atomic E-state index is 11.7. The Morgan fingerprint density at radius 2 is 1.65 bits per heavy atom. The molecule has 1 heterocycles. The van der Waals surface area contributed by atoms with Crippen LogP contribution in [0, 0.1) is 0 Å². The molecule has 0 aromatic heterocycles. The minimum absolute atomic E-state index is 0.0187. The van der Waals surface area contributed by atoms with E-state index in [1.807, 2.05) is 0 Å². The molecule has 0 bridgehead atoms. The number of carbonyl (C=O) groups is 1. The second kappa shape index (κ2) is 12.2. The first kappa shape index (κ1) is 17.5. The molecular weight excluding hydrogens is 250 g/mol. The Morgan fingerprint density at radius 3 is 2.25 bits per heavy atom. The van der Waals surface area contributed by atoms with Crippen LogP contribution < -0.4 is 5.32 Å². The third-order valence-electron chi connectivity index (χ3n) is 4.02. The molecule has 0 saturated carbocycles. The molecule has 0 amide bonds. The zero-order chi connectivity index (χ0) is 14.5. The van der Waals surface area contributed by atoms with Crippen LogP contribution >= 0.6 is 0 Å². The molecule has 1 atom stereocenters. The van der Waals surface area contributed by atoms with E-state index in [1.165, 1.54) is 64.2 Å². The van der Waals surface area contributed by atoms with E-state index in [0.717, 1.165) is 19.4 Å². The van der Waals surface area contributed by atoms with Crippen molar-refractivity contribution >= 4 is 5.97 Å². The molecule has 1 aliphatic rings. The van der Waals surface area contributed by atoms with Crippen molar-refractivity contribution in [2.24, 2.45) is 0 Å². The zero-order valence-corrected chi connectivity index (χ0v) is 13.3. The number of carbonyl (C=O) groups excluding carboxylic acids is 1. The van der Waals surface area contributed by atoms with E-state index in [4.69, 9.17) is 4.74 Å². The Labute approximate surface area is 124 Å². The third-order valence-corrected chi connectivity index (χ3v) is 4.02. The van der Waals surface area contributed by atoms with Crippen LogP contribution in [0.3, 0.4) is 0 Å². The highest BCUT2D eigenvalue weighted by Crippen LogP contribution is 2.12. The molecule has 1 N–H and O–H groups in total. The lowest BCUT2D eigenvalue weighted by molar-refractivity contribution is -0.152.